The van der Waals surface area contributed by atoms with Crippen molar-refractivity contribution >= 4 is 0 Å². The van der Waals surface area contributed by atoms with Crippen molar-refractivity contribution in [1.82, 2.24) is 5.32 Å². The zero-order valence-electron chi connectivity index (χ0n) is 9.38. The highest BCUT2D eigenvalue weighted by Gasteiger charge is 2.30. The molecule has 1 aliphatic heterocycles. The van der Waals surface area contributed by atoms with Crippen molar-refractivity contribution in [2.24, 2.45) is 0 Å². The predicted molar refractivity (Wildman–Crippen MR) is 57.4 cm³/mol. The molecule has 0 saturated carbocycles. The zero-order valence-corrected chi connectivity index (χ0v) is 9.38. The van der Waals surface area contributed by atoms with Gasteiger partial charge in [-0.15, -0.1) is 0 Å². The van der Waals surface area contributed by atoms with Gasteiger partial charge in [0.15, 0.2) is 0 Å². The van der Waals surface area contributed by atoms with Gasteiger partial charge in [-0.25, -0.2) is 0 Å². The number of aliphatic hydroxyl groups excluding tert-OH is 1. The van der Waals surface area contributed by atoms with E-state index in [-0.39, 0.29) is 5.60 Å². The molecule has 0 spiro atoms. The van der Waals surface area contributed by atoms with E-state index < -0.39 is 0 Å². The third kappa shape index (κ3) is 4.40. The molecule has 1 rings (SSSR count). The average Bonchev–Trinajstić information content (AvgIpc) is 2.45. The molecule has 2 N–H and O–H groups in total. The first-order valence-corrected chi connectivity index (χ1v) is 5.63. The van der Waals surface area contributed by atoms with Gasteiger partial charge in [-0.05, 0) is 46.1 Å². The second kappa shape index (κ2) is 5.69. The lowest BCUT2D eigenvalue weighted by Gasteiger charge is -2.19. The molecule has 0 bridgehead atoms. The number of ether oxygens (including phenoxy) is 1. The maximum atomic E-state index is 8.59. The van der Waals surface area contributed by atoms with Crippen LogP contribution in [0.3, 0.4) is 0 Å². The number of rotatable bonds is 6. The van der Waals surface area contributed by atoms with Crippen LogP contribution in [-0.2, 0) is 4.74 Å². The van der Waals surface area contributed by atoms with Gasteiger partial charge in [0, 0.05) is 13.2 Å². The van der Waals surface area contributed by atoms with Crippen LogP contribution in [0.1, 0.15) is 39.5 Å². The molecule has 1 aliphatic rings. The third-order valence-corrected chi connectivity index (χ3v) is 2.69. The molecule has 0 radical (unpaired) electrons. The standard InChI is InChI=1S/C11H23NO2/c1-11(2)6-5-10(14-11)9-12-7-3-4-8-13/h10,12-13H,3-9H2,1-2H3. The highest BCUT2D eigenvalue weighted by molar-refractivity contribution is 4.81. The lowest BCUT2D eigenvalue weighted by atomic mass is 10.1. The number of unbranched alkanes of at least 4 members (excludes halogenated alkanes) is 1. The van der Waals surface area contributed by atoms with Crippen LogP contribution in [0.4, 0.5) is 0 Å². The van der Waals surface area contributed by atoms with Gasteiger partial charge < -0.3 is 15.2 Å². The predicted octanol–water partition coefficient (Wildman–Crippen LogP) is 1.31. The Morgan fingerprint density at radius 2 is 2.21 bits per heavy atom. The van der Waals surface area contributed by atoms with Crippen molar-refractivity contribution < 1.29 is 9.84 Å². The van der Waals surface area contributed by atoms with Gasteiger partial charge in [0.05, 0.1) is 11.7 Å². The third-order valence-electron chi connectivity index (χ3n) is 2.69. The van der Waals surface area contributed by atoms with E-state index in [0.717, 1.165) is 32.4 Å². The fourth-order valence-electron chi connectivity index (χ4n) is 1.85. The van der Waals surface area contributed by atoms with E-state index in [4.69, 9.17) is 9.84 Å². The quantitative estimate of drug-likeness (QED) is 0.637. The lowest BCUT2D eigenvalue weighted by Crippen LogP contribution is -2.30. The fraction of sp³-hybridized carbons (Fsp3) is 1.00. The van der Waals surface area contributed by atoms with Crippen molar-refractivity contribution in [3.05, 3.63) is 0 Å². The summed E-state index contributed by atoms with van der Waals surface area (Å²) < 4.78 is 5.84. The molecule has 1 unspecified atom stereocenters. The molecular formula is C11H23NO2. The van der Waals surface area contributed by atoms with Crippen LogP contribution in [-0.4, -0.2) is 36.5 Å². The fourth-order valence-corrected chi connectivity index (χ4v) is 1.85. The Balaban J connectivity index is 1.98. The van der Waals surface area contributed by atoms with E-state index in [1.807, 2.05) is 0 Å². The van der Waals surface area contributed by atoms with E-state index in [2.05, 4.69) is 19.2 Å². The summed E-state index contributed by atoms with van der Waals surface area (Å²) in [6.07, 6.45) is 4.66. The minimum atomic E-state index is 0.0808. The maximum absolute atomic E-state index is 8.59. The molecule has 14 heavy (non-hydrogen) atoms. The van der Waals surface area contributed by atoms with E-state index in [1.165, 1.54) is 6.42 Å². The number of hydrogen-bond donors (Lipinski definition) is 2. The van der Waals surface area contributed by atoms with Crippen LogP contribution >= 0.6 is 0 Å². The summed E-state index contributed by atoms with van der Waals surface area (Å²) in [5.41, 5.74) is 0.0808. The first-order chi connectivity index (χ1) is 6.64. The van der Waals surface area contributed by atoms with Gasteiger partial charge in [0.25, 0.3) is 0 Å². The van der Waals surface area contributed by atoms with Crippen LogP contribution < -0.4 is 5.32 Å². The molecule has 0 aromatic rings. The molecule has 1 saturated heterocycles. The first kappa shape index (κ1) is 12.0. The van der Waals surface area contributed by atoms with Crippen molar-refractivity contribution in [3.8, 4) is 0 Å². The Labute approximate surface area is 86.8 Å². The van der Waals surface area contributed by atoms with Crippen LogP contribution in [0.5, 0.6) is 0 Å². The highest BCUT2D eigenvalue weighted by atomic mass is 16.5. The van der Waals surface area contributed by atoms with Gasteiger partial charge in [0.1, 0.15) is 0 Å². The topological polar surface area (TPSA) is 41.5 Å². The second-order valence-corrected chi connectivity index (χ2v) is 4.67. The summed E-state index contributed by atoms with van der Waals surface area (Å²) in [5, 5.41) is 12.0. The summed E-state index contributed by atoms with van der Waals surface area (Å²) in [6.45, 7) is 6.54. The Morgan fingerprint density at radius 1 is 1.43 bits per heavy atom. The molecule has 0 aromatic carbocycles. The van der Waals surface area contributed by atoms with Gasteiger partial charge in [-0.1, -0.05) is 0 Å². The molecule has 1 fully saturated rings. The van der Waals surface area contributed by atoms with Gasteiger partial charge in [-0.3, -0.25) is 0 Å². The molecular weight excluding hydrogens is 178 g/mol. The van der Waals surface area contributed by atoms with Crippen LogP contribution in [0, 0.1) is 0 Å². The Morgan fingerprint density at radius 3 is 2.79 bits per heavy atom. The van der Waals surface area contributed by atoms with Gasteiger partial charge in [-0.2, -0.15) is 0 Å². The minimum absolute atomic E-state index is 0.0808. The summed E-state index contributed by atoms with van der Waals surface area (Å²) in [6, 6.07) is 0. The average molecular weight is 201 g/mol. The molecule has 1 heterocycles. The molecule has 0 aromatic heterocycles. The summed E-state index contributed by atoms with van der Waals surface area (Å²) >= 11 is 0. The van der Waals surface area contributed by atoms with Gasteiger partial charge in [0.2, 0.25) is 0 Å². The van der Waals surface area contributed by atoms with Crippen LogP contribution in [0.2, 0.25) is 0 Å². The molecule has 3 nitrogen and oxygen atoms in total. The van der Waals surface area contributed by atoms with Crippen molar-refractivity contribution in [1.29, 1.82) is 0 Å². The smallest absolute Gasteiger partial charge is 0.0707 e. The minimum Gasteiger partial charge on any atom is -0.396 e. The molecule has 84 valence electrons. The maximum Gasteiger partial charge on any atom is 0.0707 e. The van der Waals surface area contributed by atoms with Crippen molar-refractivity contribution in [2.75, 3.05) is 19.7 Å². The Kier molecular flexibility index (Phi) is 4.85. The van der Waals surface area contributed by atoms with Crippen LogP contribution in [0.15, 0.2) is 0 Å². The first-order valence-electron chi connectivity index (χ1n) is 5.63. The van der Waals surface area contributed by atoms with Crippen molar-refractivity contribution in [2.45, 2.75) is 51.2 Å². The monoisotopic (exact) mass is 201 g/mol. The zero-order chi connectivity index (χ0) is 10.4. The summed E-state index contributed by atoms with van der Waals surface area (Å²) in [4.78, 5) is 0. The SMILES string of the molecule is CC1(C)CCC(CNCCCCO)O1. The normalized spacial score (nSPS) is 25.5. The van der Waals surface area contributed by atoms with Gasteiger partial charge >= 0.3 is 0 Å². The number of nitrogens with one attached hydrogen (secondary N) is 1. The van der Waals surface area contributed by atoms with E-state index in [1.54, 1.807) is 0 Å². The van der Waals surface area contributed by atoms with E-state index in [0.29, 0.717) is 12.7 Å². The van der Waals surface area contributed by atoms with Crippen LogP contribution in [0.25, 0.3) is 0 Å². The largest absolute Gasteiger partial charge is 0.396 e. The molecule has 3 heteroatoms. The van der Waals surface area contributed by atoms with Crippen molar-refractivity contribution in [3.63, 3.8) is 0 Å². The Hall–Kier alpha value is -0.120. The summed E-state index contributed by atoms with van der Waals surface area (Å²) in [7, 11) is 0. The van der Waals surface area contributed by atoms with E-state index >= 15 is 0 Å². The number of hydrogen-bond acceptors (Lipinski definition) is 3. The molecule has 1 atom stereocenters. The number of aliphatic hydroxyl groups is 1. The van der Waals surface area contributed by atoms with E-state index in [9.17, 15) is 0 Å². The second-order valence-electron chi connectivity index (χ2n) is 4.67. The Bertz CT molecular complexity index is 159. The molecule has 0 amide bonds. The summed E-state index contributed by atoms with van der Waals surface area (Å²) in [5.74, 6) is 0. The lowest BCUT2D eigenvalue weighted by molar-refractivity contribution is -0.0141. The molecule has 0 aliphatic carbocycles. The highest BCUT2D eigenvalue weighted by Crippen LogP contribution is 2.28.